The topological polar surface area (TPSA) is 97.8 Å². The Morgan fingerprint density at radius 3 is 2.54 bits per heavy atom. The minimum atomic E-state index is -0.403. The Kier molecular flexibility index (Phi) is 7.75. The number of hydrogen-bond acceptors (Lipinski definition) is 6. The predicted molar refractivity (Wildman–Crippen MR) is 134 cm³/mol. The van der Waals surface area contributed by atoms with Crippen LogP contribution in [-0.4, -0.2) is 36.0 Å². The number of methoxy groups -OCH3 is 1. The van der Waals surface area contributed by atoms with Gasteiger partial charge >= 0.3 is 0 Å². The third kappa shape index (κ3) is 6.26. The normalized spacial score (nSPS) is 10.8. The molecule has 0 saturated heterocycles. The van der Waals surface area contributed by atoms with Crippen molar-refractivity contribution in [3.63, 3.8) is 0 Å². The summed E-state index contributed by atoms with van der Waals surface area (Å²) >= 11 is 0. The number of rotatable bonds is 10. The van der Waals surface area contributed by atoms with Gasteiger partial charge in [-0.25, -0.2) is 5.43 Å². The molecule has 0 unspecified atom stereocenters. The summed E-state index contributed by atoms with van der Waals surface area (Å²) in [6.07, 6.45) is 1.54. The molecule has 0 saturated carbocycles. The average molecular weight is 471 g/mol. The van der Waals surface area contributed by atoms with Crippen molar-refractivity contribution in [2.45, 2.75) is 13.5 Å². The van der Waals surface area contributed by atoms with E-state index in [4.69, 9.17) is 14.2 Å². The molecule has 0 aliphatic heterocycles. The third-order valence-corrected chi connectivity index (χ3v) is 5.09. The van der Waals surface area contributed by atoms with Gasteiger partial charge in [-0.05, 0) is 66.6 Å². The van der Waals surface area contributed by atoms with Crippen molar-refractivity contribution in [3.8, 4) is 28.5 Å². The van der Waals surface area contributed by atoms with Crippen LogP contribution in [0.15, 0.2) is 84.0 Å². The summed E-state index contributed by atoms with van der Waals surface area (Å²) in [5, 5.41) is 11.0. The van der Waals surface area contributed by atoms with Crippen LogP contribution in [0.1, 0.15) is 28.5 Å². The van der Waals surface area contributed by atoms with Gasteiger partial charge in [-0.15, -0.1) is 0 Å². The van der Waals surface area contributed by atoms with E-state index in [1.54, 1.807) is 25.3 Å². The highest BCUT2D eigenvalue weighted by molar-refractivity contribution is 5.94. The number of hydrogen-bond donors (Lipinski definition) is 2. The maximum atomic E-state index is 12.5. The number of benzene rings is 3. The molecule has 0 atom stereocenters. The summed E-state index contributed by atoms with van der Waals surface area (Å²) in [7, 11) is 1.59. The lowest BCUT2D eigenvalue weighted by atomic mass is 10.1. The van der Waals surface area contributed by atoms with E-state index in [0.717, 1.165) is 22.4 Å². The molecule has 3 aromatic carbocycles. The first-order valence-corrected chi connectivity index (χ1v) is 11.1. The molecule has 178 valence electrons. The van der Waals surface area contributed by atoms with Crippen LogP contribution in [0.5, 0.6) is 17.2 Å². The Balaban J connectivity index is 1.37. The number of nitrogens with one attached hydrogen (secondary N) is 2. The van der Waals surface area contributed by atoms with Crippen LogP contribution in [0.4, 0.5) is 0 Å². The minimum Gasteiger partial charge on any atom is -0.494 e. The number of carbonyl (C=O) groups excluding carboxylic acids is 1. The average Bonchev–Trinajstić information content (AvgIpc) is 3.39. The molecule has 2 N–H and O–H groups in total. The first kappa shape index (κ1) is 23.6. The fourth-order valence-corrected chi connectivity index (χ4v) is 3.32. The number of ether oxygens (including phenoxy) is 3. The van der Waals surface area contributed by atoms with Crippen LogP contribution >= 0.6 is 0 Å². The van der Waals surface area contributed by atoms with E-state index in [1.165, 1.54) is 6.21 Å². The Bertz CT molecular complexity index is 1280. The number of hydrazone groups is 1. The molecule has 0 aliphatic carbocycles. The highest BCUT2D eigenvalue weighted by atomic mass is 16.5. The maximum Gasteiger partial charge on any atom is 0.289 e. The summed E-state index contributed by atoms with van der Waals surface area (Å²) in [6.45, 7) is 2.94. The van der Waals surface area contributed by atoms with Crippen molar-refractivity contribution in [1.29, 1.82) is 0 Å². The lowest BCUT2D eigenvalue weighted by Crippen LogP contribution is -2.18. The molecule has 4 rings (SSSR count). The van der Waals surface area contributed by atoms with Crippen LogP contribution in [0, 0.1) is 0 Å². The van der Waals surface area contributed by atoms with Crippen molar-refractivity contribution in [1.82, 2.24) is 15.6 Å². The molecular weight excluding hydrogens is 444 g/mol. The van der Waals surface area contributed by atoms with Crippen LogP contribution < -0.4 is 19.6 Å². The van der Waals surface area contributed by atoms with E-state index >= 15 is 0 Å². The van der Waals surface area contributed by atoms with Crippen molar-refractivity contribution in [2.75, 3.05) is 13.7 Å². The summed E-state index contributed by atoms with van der Waals surface area (Å²) in [4.78, 5) is 12.5. The number of aromatic amines is 1. The highest BCUT2D eigenvalue weighted by Crippen LogP contribution is 2.28. The van der Waals surface area contributed by atoms with Gasteiger partial charge in [0.25, 0.3) is 5.91 Å². The number of aromatic nitrogens is 2. The molecule has 8 heteroatoms. The summed E-state index contributed by atoms with van der Waals surface area (Å²) in [5.41, 5.74) is 6.12. The van der Waals surface area contributed by atoms with Gasteiger partial charge in [0, 0.05) is 5.56 Å². The van der Waals surface area contributed by atoms with Gasteiger partial charge in [0.1, 0.15) is 18.1 Å². The van der Waals surface area contributed by atoms with Gasteiger partial charge in [0.2, 0.25) is 0 Å². The molecule has 0 fully saturated rings. The van der Waals surface area contributed by atoms with E-state index in [0.29, 0.717) is 36.1 Å². The Morgan fingerprint density at radius 1 is 1.00 bits per heavy atom. The second-order valence-corrected chi connectivity index (χ2v) is 7.51. The van der Waals surface area contributed by atoms with E-state index in [1.807, 2.05) is 67.6 Å². The first-order valence-electron chi connectivity index (χ1n) is 11.1. The smallest absolute Gasteiger partial charge is 0.289 e. The summed E-state index contributed by atoms with van der Waals surface area (Å²) < 4.78 is 16.8. The third-order valence-electron chi connectivity index (χ3n) is 5.09. The number of amides is 1. The molecule has 1 heterocycles. The zero-order valence-electron chi connectivity index (χ0n) is 19.5. The van der Waals surface area contributed by atoms with Crippen LogP contribution in [0.25, 0.3) is 11.3 Å². The van der Waals surface area contributed by atoms with Crippen molar-refractivity contribution < 1.29 is 19.0 Å². The highest BCUT2D eigenvalue weighted by Gasteiger charge is 2.11. The molecule has 35 heavy (non-hydrogen) atoms. The minimum absolute atomic E-state index is 0.299. The monoisotopic (exact) mass is 470 g/mol. The van der Waals surface area contributed by atoms with Crippen LogP contribution in [0.2, 0.25) is 0 Å². The van der Waals surface area contributed by atoms with Gasteiger partial charge < -0.3 is 14.2 Å². The maximum absolute atomic E-state index is 12.5. The Hall–Kier alpha value is -4.59. The lowest BCUT2D eigenvalue weighted by Gasteiger charge is -2.11. The fourth-order valence-electron chi connectivity index (χ4n) is 3.32. The number of H-pyrrole nitrogens is 1. The van der Waals surface area contributed by atoms with E-state index in [9.17, 15) is 4.79 Å². The predicted octanol–water partition coefficient (Wildman–Crippen LogP) is 4.83. The van der Waals surface area contributed by atoms with Crippen LogP contribution in [0.3, 0.4) is 0 Å². The second kappa shape index (κ2) is 11.5. The lowest BCUT2D eigenvalue weighted by molar-refractivity contribution is 0.0950. The molecule has 1 aromatic heterocycles. The number of nitrogens with zero attached hydrogens (tertiary/aromatic N) is 2. The van der Waals surface area contributed by atoms with E-state index < -0.39 is 5.91 Å². The molecule has 0 aliphatic rings. The molecule has 0 bridgehead atoms. The van der Waals surface area contributed by atoms with Crippen LogP contribution in [-0.2, 0) is 6.61 Å². The van der Waals surface area contributed by atoms with Crippen molar-refractivity contribution in [3.05, 3.63) is 95.7 Å². The van der Waals surface area contributed by atoms with E-state index in [2.05, 4.69) is 20.7 Å². The second-order valence-electron chi connectivity index (χ2n) is 7.51. The quantitative estimate of drug-likeness (QED) is 0.256. The zero-order valence-corrected chi connectivity index (χ0v) is 19.5. The summed E-state index contributed by atoms with van der Waals surface area (Å²) in [5.74, 6) is 1.58. The Labute approximate surface area is 203 Å². The molecular formula is C27H26N4O4. The van der Waals surface area contributed by atoms with Gasteiger partial charge in [-0.3, -0.25) is 9.89 Å². The standard InChI is InChI=1S/C27H26N4O4/c1-3-34-22-12-10-21(11-13-22)23-16-24(30-29-23)27(32)31-28-17-20-9-14-25(33-2)26(15-20)35-18-19-7-5-4-6-8-19/h4-17H,3,18H2,1-2H3,(H,29,30)(H,31,32)/b28-17-. The van der Waals surface area contributed by atoms with Crippen molar-refractivity contribution in [2.24, 2.45) is 5.10 Å². The largest absolute Gasteiger partial charge is 0.494 e. The van der Waals surface area contributed by atoms with Crippen molar-refractivity contribution >= 4 is 12.1 Å². The fraction of sp³-hybridized carbons (Fsp3) is 0.148. The van der Waals surface area contributed by atoms with Gasteiger partial charge in [-0.2, -0.15) is 10.2 Å². The summed E-state index contributed by atoms with van der Waals surface area (Å²) in [6, 6.07) is 24.5. The first-order chi connectivity index (χ1) is 17.2. The zero-order chi connectivity index (χ0) is 24.5. The molecule has 0 radical (unpaired) electrons. The van der Waals surface area contributed by atoms with Gasteiger partial charge in [0.15, 0.2) is 11.5 Å². The SMILES string of the molecule is CCOc1ccc(-c2cc(C(=O)N/N=C\c3ccc(OC)c(OCc4ccccc4)c3)[nH]n2)cc1. The van der Waals surface area contributed by atoms with E-state index in [-0.39, 0.29) is 0 Å². The molecule has 4 aromatic rings. The molecule has 1 amide bonds. The van der Waals surface area contributed by atoms with Gasteiger partial charge in [-0.1, -0.05) is 30.3 Å². The Morgan fingerprint density at radius 2 is 1.80 bits per heavy atom. The molecule has 8 nitrogen and oxygen atoms in total. The van der Waals surface area contributed by atoms with Gasteiger partial charge in [0.05, 0.1) is 25.6 Å². The number of carbonyl (C=O) groups is 1. The molecule has 0 spiro atoms.